The van der Waals surface area contributed by atoms with Crippen LogP contribution in [-0.2, 0) is 35.2 Å². The maximum atomic E-state index is 12.8. The first-order valence-corrected chi connectivity index (χ1v) is 15.1. The molecule has 2 aliphatic heterocycles. The van der Waals surface area contributed by atoms with Gasteiger partial charge in [-0.3, -0.25) is 23.5 Å². The lowest BCUT2D eigenvalue weighted by Crippen LogP contribution is -2.70. The fourth-order valence-corrected chi connectivity index (χ4v) is 8.01. The topological polar surface area (TPSA) is 201 Å². The number of sulfonamides is 1. The van der Waals surface area contributed by atoms with E-state index in [1.54, 1.807) is 0 Å². The highest BCUT2D eigenvalue weighted by atomic mass is 32.3. The summed E-state index contributed by atoms with van der Waals surface area (Å²) >= 11 is 6.17. The quantitative estimate of drug-likeness (QED) is 0.0739. The molecule has 186 valence electrons. The Morgan fingerprint density at radius 2 is 2.18 bits per heavy atom. The number of nitrogens with one attached hydrogen (secondary N) is 2. The second-order valence-corrected chi connectivity index (χ2v) is 13.1. The van der Waals surface area contributed by atoms with Crippen LogP contribution < -0.4 is 15.8 Å². The molecule has 1 saturated heterocycles. The van der Waals surface area contributed by atoms with Crippen LogP contribution in [0.25, 0.3) is 0 Å². The van der Waals surface area contributed by atoms with E-state index in [1.165, 1.54) is 28.3 Å². The van der Waals surface area contributed by atoms with Crippen LogP contribution in [0, 0.1) is 0 Å². The second-order valence-electron chi connectivity index (χ2n) is 7.09. The van der Waals surface area contributed by atoms with Gasteiger partial charge >= 0.3 is 0 Å². The fraction of sp³-hybridized carbons (Fsp3) is 0.438. The number of amides is 2. The molecule has 0 saturated carbocycles. The maximum Gasteiger partial charge on any atom is 0.276 e. The minimum Gasteiger partial charge on any atom is -0.410 e. The van der Waals surface area contributed by atoms with Gasteiger partial charge in [0, 0.05) is 34.7 Å². The van der Waals surface area contributed by atoms with Crippen molar-refractivity contribution in [1.82, 2.24) is 19.9 Å². The third kappa shape index (κ3) is 5.80. The van der Waals surface area contributed by atoms with Crippen molar-refractivity contribution in [2.45, 2.75) is 17.8 Å². The summed E-state index contributed by atoms with van der Waals surface area (Å²) in [4.78, 5) is 42.6. The van der Waals surface area contributed by atoms with Gasteiger partial charge in [0.1, 0.15) is 22.2 Å². The normalized spacial score (nSPS) is 21.6. The lowest BCUT2D eigenvalue weighted by molar-refractivity contribution is -0.146. The highest BCUT2D eigenvalue weighted by Gasteiger charge is 2.53. The Bertz CT molecular complexity index is 1210. The zero-order valence-electron chi connectivity index (χ0n) is 17.5. The van der Waals surface area contributed by atoms with Crippen molar-refractivity contribution in [3.05, 3.63) is 22.3 Å². The summed E-state index contributed by atoms with van der Waals surface area (Å²) in [5, 5.41) is 14.4. The van der Waals surface area contributed by atoms with Crippen LogP contribution in [-0.4, -0.2) is 85.4 Å². The van der Waals surface area contributed by atoms with Crippen LogP contribution in [0.4, 0.5) is 5.13 Å². The number of hydrogen-bond donors (Lipinski definition) is 5. The SMILES string of the molecule is CS(=O)CS(=O)(=O)NCCC1=C(C(=O)S)N2C(=O)C(NC(=O)/C(=N\O)c3csc(N)n3)[C@H]2SC1. The van der Waals surface area contributed by atoms with Crippen LogP contribution in [0.5, 0.6) is 0 Å². The van der Waals surface area contributed by atoms with E-state index in [0.29, 0.717) is 5.57 Å². The number of fused-ring (bicyclic) bond motifs is 1. The smallest absolute Gasteiger partial charge is 0.276 e. The fourth-order valence-electron chi connectivity index (χ4n) is 3.31. The number of nitrogens with zero attached hydrogens (tertiary/aromatic N) is 3. The van der Waals surface area contributed by atoms with Crippen LogP contribution in [0.3, 0.4) is 0 Å². The number of rotatable bonds is 10. The average molecular weight is 569 g/mol. The van der Waals surface area contributed by atoms with Gasteiger partial charge in [-0.25, -0.2) is 18.1 Å². The van der Waals surface area contributed by atoms with Gasteiger partial charge in [0.15, 0.2) is 10.8 Å². The number of carbonyl (C=O) groups excluding carboxylic acids is 3. The largest absolute Gasteiger partial charge is 0.410 e. The number of carbonyl (C=O) groups is 3. The van der Waals surface area contributed by atoms with E-state index in [2.05, 4.69) is 32.8 Å². The summed E-state index contributed by atoms with van der Waals surface area (Å²) in [7, 11) is -5.29. The van der Waals surface area contributed by atoms with E-state index in [0.717, 1.165) is 11.3 Å². The molecule has 3 heterocycles. The number of thiol groups is 1. The molecule has 2 amide bonds. The summed E-state index contributed by atoms with van der Waals surface area (Å²) in [6.07, 6.45) is 1.40. The predicted octanol–water partition coefficient (Wildman–Crippen LogP) is -1.34. The van der Waals surface area contributed by atoms with E-state index < -0.39 is 60.0 Å². The van der Waals surface area contributed by atoms with Crippen molar-refractivity contribution in [3.63, 3.8) is 0 Å². The Morgan fingerprint density at radius 3 is 2.74 bits per heavy atom. The van der Waals surface area contributed by atoms with Gasteiger partial charge in [-0.15, -0.1) is 23.1 Å². The third-order valence-corrected chi connectivity index (χ3v) is 10.1. The maximum absolute atomic E-state index is 12.8. The minimum atomic E-state index is -3.75. The summed E-state index contributed by atoms with van der Waals surface area (Å²) in [5.41, 5.74) is 5.71. The number of nitrogens with two attached hydrogens (primary N) is 1. The lowest BCUT2D eigenvalue weighted by Gasteiger charge is -2.49. The number of anilines is 1. The van der Waals surface area contributed by atoms with Gasteiger partial charge in [-0.1, -0.05) is 17.8 Å². The number of aromatic nitrogens is 1. The number of oxime groups is 1. The van der Waals surface area contributed by atoms with Gasteiger partial charge in [0.05, 0.1) is 5.70 Å². The monoisotopic (exact) mass is 568 g/mol. The first-order chi connectivity index (χ1) is 15.9. The molecule has 3 rings (SSSR count). The van der Waals surface area contributed by atoms with Gasteiger partial charge in [0.25, 0.3) is 11.8 Å². The Balaban J connectivity index is 1.69. The molecule has 0 aromatic carbocycles. The standard InChI is InChI=1S/C16H20N6O7S5/c1-33(27)6-34(28,29)18-3-2-7-4-31-14-10(13(24)22(14)11(7)15(25)30)20-12(23)9(21-26)8-5-32-16(17)19-8/h5,10,14,18,26H,2-4,6H2,1H3,(H2,17,19)(H,20,23)(H,25,30)/b21-9-/t10?,14-,33?/m1/s1. The molecule has 34 heavy (non-hydrogen) atoms. The Labute approximate surface area is 210 Å². The number of β-lactam (4-membered cyclic amide) rings is 1. The molecule has 5 N–H and O–H groups in total. The number of thioether (sulfide) groups is 1. The average Bonchev–Trinajstić information content (AvgIpc) is 3.16. The number of nitrogen functional groups attached to an aromatic ring is 1. The first-order valence-electron chi connectivity index (χ1n) is 9.36. The van der Waals surface area contributed by atoms with Gasteiger partial charge < -0.3 is 16.3 Å². The molecule has 3 atom stereocenters. The summed E-state index contributed by atoms with van der Waals surface area (Å²) in [6.45, 7) is -0.0556. The molecule has 0 radical (unpaired) electrons. The van der Waals surface area contributed by atoms with E-state index >= 15 is 0 Å². The van der Waals surface area contributed by atoms with Crippen molar-refractivity contribution < 1.29 is 32.2 Å². The zero-order valence-corrected chi connectivity index (χ0v) is 21.6. The molecule has 1 aromatic rings. The first kappa shape index (κ1) is 26.6. The van der Waals surface area contributed by atoms with E-state index in [4.69, 9.17) is 5.73 Å². The number of thiazole rings is 1. The molecular formula is C16H20N6O7S5. The van der Waals surface area contributed by atoms with E-state index in [-0.39, 0.29) is 35.2 Å². The van der Waals surface area contributed by atoms with Crippen LogP contribution >= 0.6 is 35.7 Å². The second kappa shape index (κ2) is 10.7. The summed E-state index contributed by atoms with van der Waals surface area (Å²) in [6, 6.07) is -0.993. The van der Waals surface area contributed by atoms with Crippen LogP contribution in [0.2, 0.25) is 0 Å². The molecule has 0 bridgehead atoms. The Kier molecular flexibility index (Phi) is 8.40. The van der Waals surface area contributed by atoms with Crippen LogP contribution in [0.1, 0.15) is 12.1 Å². The van der Waals surface area contributed by atoms with Gasteiger partial charge in [0.2, 0.25) is 15.1 Å². The Hall–Kier alpha value is -1.99. The third-order valence-electron chi connectivity index (χ3n) is 4.69. The molecule has 1 fully saturated rings. The van der Waals surface area contributed by atoms with Crippen molar-refractivity contribution >= 4 is 84.3 Å². The highest BCUT2D eigenvalue weighted by Crippen LogP contribution is 2.41. The minimum absolute atomic E-state index is 0.0316. The number of hydrogen-bond acceptors (Lipinski definition) is 12. The van der Waals surface area contributed by atoms with Crippen molar-refractivity contribution in [1.29, 1.82) is 0 Å². The molecule has 2 aliphatic rings. The Morgan fingerprint density at radius 1 is 1.47 bits per heavy atom. The lowest BCUT2D eigenvalue weighted by atomic mass is 10.0. The van der Waals surface area contributed by atoms with Crippen molar-refractivity contribution in [2.75, 3.05) is 29.4 Å². The molecule has 18 heteroatoms. The molecule has 1 aromatic heterocycles. The zero-order chi connectivity index (χ0) is 25.2. The van der Waals surface area contributed by atoms with Gasteiger partial charge in [-0.2, -0.15) is 0 Å². The highest BCUT2D eigenvalue weighted by molar-refractivity contribution is 8.03. The van der Waals surface area contributed by atoms with Gasteiger partial charge in [-0.05, 0) is 12.0 Å². The van der Waals surface area contributed by atoms with E-state index in [1.807, 2.05) is 0 Å². The molecule has 13 nitrogen and oxygen atoms in total. The molecule has 2 unspecified atom stereocenters. The molecule has 0 spiro atoms. The predicted molar refractivity (Wildman–Crippen MR) is 131 cm³/mol. The summed E-state index contributed by atoms with van der Waals surface area (Å²) in [5.74, 6) is -1.13. The molecular weight excluding hydrogens is 549 g/mol. The van der Waals surface area contributed by atoms with Crippen molar-refractivity contribution in [2.24, 2.45) is 5.16 Å². The van der Waals surface area contributed by atoms with Crippen LogP contribution in [0.15, 0.2) is 21.8 Å². The molecule has 0 aliphatic carbocycles. The van der Waals surface area contributed by atoms with Crippen molar-refractivity contribution in [3.8, 4) is 0 Å². The van der Waals surface area contributed by atoms with E-state index in [9.17, 15) is 32.2 Å². The summed E-state index contributed by atoms with van der Waals surface area (Å²) < 4.78 is 37.2.